The molecule has 0 radical (unpaired) electrons. The average Bonchev–Trinajstić information content (AvgIpc) is 2.55. The smallest absolute Gasteiger partial charge is 0.261 e. The van der Waals surface area contributed by atoms with Crippen LogP contribution < -0.4 is 10.0 Å². The van der Waals surface area contributed by atoms with Gasteiger partial charge in [0.2, 0.25) is 5.91 Å². The van der Waals surface area contributed by atoms with Gasteiger partial charge in [0.15, 0.2) is 0 Å². The van der Waals surface area contributed by atoms with Crippen molar-refractivity contribution < 1.29 is 13.2 Å². The van der Waals surface area contributed by atoms with Gasteiger partial charge in [0, 0.05) is 18.2 Å². The maximum atomic E-state index is 12.4. The van der Waals surface area contributed by atoms with E-state index in [-0.39, 0.29) is 16.8 Å². The SMILES string of the molecule is Cc1ccc(NS(=O)(=O)c2ccc(CCC(=O)NC(C)C)cc2)cc1. The molecule has 134 valence electrons. The van der Waals surface area contributed by atoms with E-state index in [1.807, 2.05) is 32.9 Å². The average molecular weight is 360 g/mol. The minimum atomic E-state index is -3.62. The maximum absolute atomic E-state index is 12.4. The third-order valence-electron chi connectivity index (χ3n) is 3.63. The van der Waals surface area contributed by atoms with Crippen LogP contribution in [0.2, 0.25) is 0 Å². The van der Waals surface area contributed by atoms with Gasteiger partial charge in [0.25, 0.3) is 10.0 Å². The zero-order valence-corrected chi connectivity index (χ0v) is 15.6. The summed E-state index contributed by atoms with van der Waals surface area (Å²) in [5.41, 5.74) is 2.52. The summed E-state index contributed by atoms with van der Waals surface area (Å²) in [5.74, 6) is -0.00673. The van der Waals surface area contributed by atoms with Crippen LogP contribution in [-0.4, -0.2) is 20.4 Å². The van der Waals surface area contributed by atoms with Gasteiger partial charge in [0.05, 0.1) is 4.90 Å². The lowest BCUT2D eigenvalue weighted by molar-refractivity contribution is -0.121. The molecule has 2 aromatic carbocycles. The van der Waals surface area contributed by atoms with Gasteiger partial charge in [-0.15, -0.1) is 0 Å². The third-order valence-corrected chi connectivity index (χ3v) is 5.03. The van der Waals surface area contributed by atoms with Crippen LogP contribution in [0.25, 0.3) is 0 Å². The molecule has 0 spiro atoms. The first-order valence-corrected chi connectivity index (χ1v) is 9.72. The van der Waals surface area contributed by atoms with Crippen molar-refractivity contribution in [2.24, 2.45) is 0 Å². The first-order chi connectivity index (χ1) is 11.8. The molecule has 0 fully saturated rings. The number of aryl methyl sites for hydroxylation is 2. The second kappa shape index (κ2) is 8.16. The van der Waals surface area contributed by atoms with Gasteiger partial charge in [-0.1, -0.05) is 29.8 Å². The van der Waals surface area contributed by atoms with E-state index in [4.69, 9.17) is 0 Å². The standard InChI is InChI=1S/C19H24N2O3S/c1-14(2)20-19(22)13-8-16-6-11-18(12-7-16)25(23,24)21-17-9-4-15(3)5-10-17/h4-7,9-12,14,21H,8,13H2,1-3H3,(H,20,22). The molecule has 2 rings (SSSR count). The van der Waals surface area contributed by atoms with Gasteiger partial charge in [-0.05, 0) is 57.0 Å². The highest BCUT2D eigenvalue weighted by Crippen LogP contribution is 2.17. The lowest BCUT2D eigenvalue weighted by Crippen LogP contribution is -2.30. The molecular formula is C19H24N2O3S. The number of rotatable bonds is 7. The van der Waals surface area contributed by atoms with Crippen molar-refractivity contribution >= 4 is 21.6 Å². The summed E-state index contributed by atoms with van der Waals surface area (Å²) in [5, 5.41) is 2.84. The molecule has 1 amide bonds. The number of nitrogens with one attached hydrogen (secondary N) is 2. The number of carbonyl (C=O) groups is 1. The summed E-state index contributed by atoms with van der Waals surface area (Å²) >= 11 is 0. The Morgan fingerprint density at radius 2 is 1.60 bits per heavy atom. The second-order valence-corrected chi connectivity index (χ2v) is 8.02. The minimum absolute atomic E-state index is 0.00673. The Bertz CT molecular complexity index is 811. The Balaban J connectivity index is 2.00. The Morgan fingerprint density at radius 3 is 2.16 bits per heavy atom. The van der Waals surface area contributed by atoms with Crippen LogP contribution in [0.4, 0.5) is 5.69 Å². The summed E-state index contributed by atoms with van der Waals surface area (Å²) in [6.45, 7) is 5.77. The molecule has 5 nitrogen and oxygen atoms in total. The molecule has 2 aromatic rings. The van der Waals surface area contributed by atoms with Crippen LogP contribution in [0.15, 0.2) is 53.4 Å². The molecule has 0 aliphatic rings. The molecule has 0 unspecified atom stereocenters. The molecule has 0 heterocycles. The maximum Gasteiger partial charge on any atom is 0.261 e. The van der Waals surface area contributed by atoms with Crippen molar-refractivity contribution in [3.05, 3.63) is 59.7 Å². The summed E-state index contributed by atoms with van der Waals surface area (Å²) in [7, 11) is -3.62. The molecule has 0 aliphatic carbocycles. The Hall–Kier alpha value is -2.34. The lowest BCUT2D eigenvalue weighted by Gasteiger charge is -2.10. The zero-order valence-electron chi connectivity index (χ0n) is 14.7. The summed E-state index contributed by atoms with van der Waals surface area (Å²) in [6, 6.07) is 13.9. The summed E-state index contributed by atoms with van der Waals surface area (Å²) in [6.07, 6.45) is 0.955. The normalized spacial score (nSPS) is 11.4. The van der Waals surface area contributed by atoms with Gasteiger partial charge < -0.3 is 5.32 Å². The lowest BCUT2D eigenvalue weighted by atomic mass is 10.1. The highest BCUT2D eigenvalue weighted by atomic mass is 32.2. The van der Waals surface area contributed by atoms with Crippen molar-refractivity contribution in [1.29, 1.82) is 0 Å². The Morgan fingerprint density at radius 1 is 1.00 bits per heavy atom. The second-order valence-electron chi connectivity index (χ2n) is 6.34. The number of anilines is 1. The topological polar surface area (TPSA) is 75.3 Å². The van der Waals surface area contributed by atoms with E-state index in [2.05, 4.69) is 10.0 Å². The molecule has 0 saturated heterocycles. The van der Waals surface area contributed by atoms with Crippen LogP contribution >= 0.6 is 0 Å². The monoisotopic (exact) mass is 360 g/mol. The fraction of sp³-hybridized carbons (Fsp3) is 0.316. The van der Waals surface area contributed by atoms with Gasteiger partial charge in [0.1, 0.15) is 0 Å². The van der Waals surface area contributed by atoms with Crippen molar-refractivity contribution in [2.45, 2.75) is 44.6 Å². The minimum Gasteiger partial charge on any atom is -0.354 e. The molecule has 6 heteroatoms. The van der Waals surface area contributed by atoms with Crippen molar-refractivity contribution in [1.82, 2.24) is 5.32 Å². The first kappa shape index (κ1) is 19.0. The van der Waals surface area contributed by atoms with Crippen molar-refractivity contribution in [3.63, 3.8) is 0 Å². The number of benzene rings is 2. The van der Waals surface area contributed by atoms with E-state index in [0.29, 0.717) is 18.5 Å². The Labute approximate surface area is 149 Å². The largest absolute Gasteiger partial charge is 0.354 e. The Kier molecular flexibility index (Phi) is 6.20. The molecule has 0 saturated carbocycles. The van der Waals surface area contributed by atoms with E-state index in [9.17, 15) is 13.2 Å². The zero-order chi connectivity index (χ0) is 18.4. The fourth-order valence-corrected chi connectivity index (χ4v) is 3.38. The predicted octanol–water partition coefficient (Wildman–Crippen LogP) is 3.25. The van der Waals surface area contributed by atoms with Gasteiger partial charge in [-0.3, -0.25) is 9.52 Å². The molecule has 0 aliphatic heterocycles. The first-order valence-electron chi connectivity index (χ1n) is 8.24. The number of hydrogen-bond donors (Lipinski definition) is 2. The molecule has 0 bridgehead atoms. The van der Waals surface area contributed by atoms with Gasteiger partial charge >= 0.3 is 0 Å². The third kappa shape index (κ3) is 5.90. The van der Waals surface area contributed by atoms with Gasteiger partial charge in [-0.25, -0.2) is 8.42 Å². The quantitative estimate of drug-likeness (QED) is 0.796. The van der Waals surface area contributed by atoms with Crippen LogP contribution in [0.5, 0.6) is 0 Å². The molecule has 0 aromatic heterocycles. The number of amides is 1. The summed E-state index contributed by atoms with van der Waals surface area (Å²) < 4.78 is 27.4. The predicted molar refractivity (Wildman–Crippen MR) is 100 cm³/mol. The molecule has 2 N–H and O–H groups in total. The van der Waals surface area contributed by atoms with E-state index < -0.39 is 10.0 Å². The van der Waals surface area contributed by atoms with Crippen LogP contribution in [0.1, 0.15) is 31.4 Å². The number of sulfonamides is 1. The van der Waals surface area contributed by atoms with Crippen LogP contribution in [0, 0.1) is 6.92 Å². The highest BCUT2D eigenvalue weighted by Gasteiger charge is 2.14. The molecular weight excluding hydrogens is 336 g/mol. The van der Waals surface area contributed by atoms with E-state index in [1.165, 1.54) is 0 Å². The number of hydrogen-bond acceptors (Lipinski definition) is 3. The fourth-order valence-electron chi connectivity index (χ4n) is 2.32. The van der Waals surface area contributed by atoms with Crippen molar-refractivity contribution in [3.8, 4) is 0 Å². The molecule has 25 heavy (non-hydrogen) atoms. The van der Waals surface area contributed by atoms with E-state index in [1.54, 1.807) is 36.4 Å². The summed E-state index contributed by atoms with van der Waals surface area (Å²) in [4.78, 5) is 11.9. The van der Waals surface area contributed by atoms with Crippen molar-refractivity contribution in [2.75, 3.05) is 4.72 Å². The van der Waals surface area contributed by atoms with E-state index in [0.717, 1.165) is 11.1 Å². The molecule has 0 atom stereocenters. The van der Waals surface area contributed by atoms with Crippen LogP contribution in [-0.2, 0) is 21.2 Å². The van der Waals surface area contributed by atoms with E-state index >= 15 is 0 Å². The highest BCUT2D eigenvalue weighted by molar-refractivity contribution is 7.92. The van der Waals surface area contributed by atoms with Gasteiger partial charge in [-0.2, -0.15) is 0 Å². The number of carbonyl (C=O) groups excluding carboxylic acids is 1. The van der Waals surface area contributed by atoms with Crippen LogP contribution in [0.3, 0.4) is 0 Å².